The number of carbonyl (C=O) groups excluding carboxylic acids is 1. The van der Waals surface area contributed by atoms with Crippen LogP contribution in [0.3, 0.4) is 0 Å². The monoisotopic (exact) mass is 797 g/mol. The Bertz CT molecular complexity index is 2510. The maximum absolute atomic E-state index is 12.9. The molecule has 1 aliphatic heterocycles. The lowest BCUT2D eigenvalue weighted by Gasteiger charge is -2.43. The highest BCUT2D eigenvalue weighted by Gasteiger charge is 2.39. The number of urea groups is 1. The number of aliphatic hydroxyl groups is 1. The number of nitrogens with zero attached hydrogens (tertiary/aromatic N) is 1. The number of fused-ring (bicyclic) bond motifs is 1. The molecule has 0 aromatic heterocycles. The van der Waals surface area contributed by atoms with Crippen molar-refractivity contribution in [3.63, 3.8) is 0 Å². The number of hydrogen-bond acceptors (Lipinski definition) is 6. The van der Waals surface area contributed by atoms with Crippen LogP contribution in [-0.4, -0.2) is 35.7 Å². The summed E-state index contributed by atoms with van der Waals surface area (Å²) < 4.78 is 19.6. The smallest absolute Gasteiger partial charge is 0.319 e. The third-order valence-electron chi connectivity index (χ3n) is 11.5. The van der Waals surface area contributed by atoms with E-state index in [-0.39, 0.29) is 36.8 Å². The van der Waals surface area contributed by atoms with E-state index in [9.17, 15) is 9.90 Å². The van der Waals surface area contributed by atoms with E-state index in [1.807, 2.05) is 84.9 Å². The van der Waals surface area contributed by atoms with Gasteiger partial charge < -0.3 is 30.0 Å². The lowest BCUT2D eigenvalue weighted by molar-refractivity contribution is -0.276. The Balaban J connectivity index is 0.954. The Morgan fingerprint density at radius 1 is 0.700 bits per heavy atom. The number of nitrogens with one attached hydrogen (secondary N) is 2. The zero-order valence-corrected chi connectivity index (χ0v) is 34.2. The predicted molar refractivity (Wildman–Crippen MR) is 239 cm³/mol. The molecule has 60 heavy (non-hydrogen) atoms. The quantitative estimate of drug-likeness (QED) is 0.108. The molecule has 5 unspecified atom stereocenters. The van der Waals surface area contributed by atoms with Gasteiger partial charge in [0.25, 0.3) is 0 Å². The van der Waals surface area contributed by atoms with E-state index in [1.165, 1.54) is 16.3 Å². The van der Waals surface area contributed by atoms with Crippen LogP contribution in [0.1, 0.15) is 60.1 Å². The standard InChI is InChI=1S/C52H51N3O5/c1-35-49(33-55(3)36(2)41-24-23-39-12-7-8-13-43(39)30-41)59-51(60-50(35)40-21-19-37(34-56)20-22-40)45-16-10-15-44(31-45)42-14-9-11-38(29-42)32-53-52(57)54-46-25-27-48(28-26-46)58-47-17-5-4-6-18-47/h4-31,35-36,49-51,56H,32-34H2,1-3H3,(H2,53,54,57). The van der Waals surface area contributed by atoms with E-state index in [1.54, 1.807) is 0 Å². The number of para-hydroxylation sites is 1. The molecule has 0 bridgehead atoms. The lowest BCUT2D eigenvalue weighted by atomic mass is 9.89. The van der Waals surface area contributed by atoms with E-state index >= 15 is 0 Å². The summed E-state index contributed by atoms with van der Waals surface area (Å²) in [6, 6.07) is 56.4. The van der Waals surface area contributed by atoms with Crippen LogP contribution in [0.15, 0.2) is 170 Å². The zero-order valence-electron chi connectivity index (χ0n) is 34.2. The number of benzene rings is 7. The Morgan fingerprint density at radius 2 is 1.40 bits per heavy atom. The zero-order chi connectivity index (χ0) is 41.4. The van der Waals surface area contributed by atoms with Crippen molar-refractivity contribution in [1.29, 1.82) is 0 Å². The second-order valence-corrected chi connectivity index (χ2v) is 15.6. The minimum absolute atomic E-state index is 0.00902. The Morgan fingerprint density at radius 3 is 2.17 bits per heavy atom. The van der Waals surface area contributed by atoms with Crippen molar-refractivity contribution in [3.8, 4) is 22.6 Å². The molecule has 3 N–H and O–H groups in total. The molecule has 0 saturated carbocycles. The van der Waals surface area contributed by atoms with Gasteiger partial charge in [-0.1, -0.05) is 122 Å². The fourth-order valence-corrected chi connectivity index (χ4v) is 7.81. The van der Waals surface area contributed by atoms with Crippen LogP contribution in [0.2, 0.25) is 0 Å². The van der Waals surface area contributed by atoms with E-state index in [2.05, 4.69) is 121 Å². The van der Waals surface area contributed by atoms with Gasteiger partial charge in [0.15, 0.2) is 6.29 Å². The summed E-state index contributed by atoms with van der Waals surface area (Å²) in [5.41, 5.74) is 7.77. The number of anilines is 1. The number of ether oxygens (including phenoxy) is 3. The van der Waals surface area contributed by atoms with Crippen LogP contribution in [0.25, 0.3) is 21.9 Å². The van der Waals surface area contributed by atoms with E-state index in [4.69, 9.17) is 14.2 Å². The van der Waals surface area contributed by atoms with Crippen molar-refractivity contribution in [3.05, 3.63) is 198 Å². The van der Waals surface area contributed by atoms with Gasteiger partial charge in [-0.05, 0) is 113 Å². The van der Waals surface area contributed by atoms with Crippen LogP contribution in [0.4, 0.5) is 10.5 Å². The normalized spacial score (nSPS) is 18.2. The first-order chi connectivity index (χ1) is 29.3. The van der Waals surface area contributed by atoms with Crippen LogP contribution < -0.4 is 15.4 Å². The van der Waals surface area contributed by atoms with E-state index < -0.39 is 6.29 Å². The van der Waals surface area contributed by atoms with Crippen molar-refractivity contribution >= 4 is 22.5 Å². The van der Waals surface area contributed by atoms with Gasteiger partial charge in [0.2, 0.25) is 0 Å². The number of amides is 2. The average Bonchev–Trinajstić information content (AvgIpc) is 3.29. The molecule has 1 aliphatic rings. The second-order valence-electron chi connectivity index (χ2n) is 15.6. The largest absolute Gasteiger partial charge is 0.457 e. The van der Waals surface area contributed by atoms with Gasteiger partial charge in [0.1, 0.15) is 11.5 Å². The SMILES string of the molecule is CC1C(CN(C)C(C)c2ccc3ccccc3c2)OC(c2cccc(-c3cccc(CNC(=O)Nc4ccc(Oc5ccccc5)cc4)c3)c2)OC1c1ccc(CO)cc1. The summed E-state index contributed by atoms with van der Waals surface area (Å²) >= 11 is 0. The van der Waals surface area contributed by atoms with Gasteiger partial charge in [-0.3, -0.25) is 4.90 Å². The molecule has 8 heteroatoms. The number of hydrogen-bond donors (Lipinski definition) is 3. The molecule has 7 aromatic carbocycles. The van der Waals surface area contributed by atoms with E-state index in [0.717, 1.165) is 39.1 Å². The van der Waals surface area contributed by atoms with Crippen molar-refractivity contribution in [2.24, 2.45) is 5.92 Å². The molecule has 5 atom stereocenters. The van der Waals surface area contributed by atoms with Gasteiger partial charge in [-0.2, -0.15) is 0 Å². The molecule has 1 heterocycles. The van der Waals surface area contributed by atoms with Gasteiger partial charge in [0.05, 0.1) is 18.8 Å². The van der Waals surface area contributed by atoms with Crippen LogP contribution in [0, 0.1) is 5.92 Å². The highest BCUT2D eigenvalue weighted by atomic mass is 16.7. The number of rotatable bonds is 13. The minimum Gasteiger partial charge on any atom is -0.457 e. The van der Waals surface area contributed by atoms with Crippen LogP contribution in [0.5, 0.6) is 11.5 Å². The average molecular weight is 798 g/mol. The molecule has 8 nitrogen and oxygen atoms in total. The molecule has 8 rings (SSSR count). The molecule has 2 amide bonds. The van der Waals surface area contributed by atoms with E-state index in [0.29, 0.717) is 24.5 Å². The highest BCUT2D eigenvalue weighted by molar-refractivity contribution is 5.89. The van der Waals surface area contributed by atoms with Crippen molar-refractivity contribution in [2.45, 2.75) is 51.5 Å². The Labute approximate surface area is 352 Å². The summed E-state index contributed by atoms with van der Waals surface area (Å²) in [5, 5.41) is 18.1. The summed E-state index contributed by atoms with van der Waals surface area (Å²) in [5.74, 6) is 1.48. The first kappa shape index (κ1) is 40.5. The molecule has 304 valence electrons. The van der Waals surface area contributed by atoms with Crippen molar-refractivity contribution < 1.29 is 24.1 Å². The summed E-state index contributed by atoms with van der Waals surface area (Å²) in [6.45, 7) is 5.50. The first-order valence-electron chi connectivity index (χ1n) is 20.6. The van der Waals surface area contributed by atoms with Crippen molar-refractivity contribution in [2.75, 3.05) is 18.9 Å². The molecule has 0 spiro atoms. The minimum atomic E-state index is -0.606. The fourth-order valence-electron chi connectivity index (χ4n) is 7.81. The second kappa shape index (κ2) is 18.7. The molecule has 0 radical (unpaired) electrons. The predicted octanol–water partition coefficient (Wildman–Crippen LogP) is 11.6. The highest BCUT2D eigenvalue weighted by Crippen LogP contribution is 2.43. The van der Waals surface area contributed by atoms with Gasteiger partial charge in [-0.15, -0.1) is 0 Å². The van der Waals surface area contributed by atoms with Gasteiger partial charge in [0, 0.05) is 36.3 Å². The molecule has 1 fully saturated rings. The fraction of sp³-hybridized carbons (Fsp3) is 0.212. The third-order valence-corrected chi connectivity index (χ3v) is 11.5. The summed E-state index contributed by atoms with van der Waals surface area (Å²) in [7, 11) is 2.16. The van der Waals surface area contributed by atoms with Crippen molar-refractivity contribution in [1.82, 2.24) is 10.2 Å². The number of aliphatic hydroxyl groups excluding tert-OH is 1. The maximum atomic E-state index is 12.9. The first-order valence-corrected chi connectivity index (χ1v) is 20.6. The molecular formula is C52H51N3O5. The summed E-state index contributed by atoms with van der Waals surface area (Å²) in [4.78, 5) is 15.2. The van der Waals surface area contributed by atoms with Gasteiger partial charge in [-0.25, -0.2) is 4.79 Å². The maximum Gasteiger partial charge on any atom is 0.319 e. The Kier molecular flexibility index (Phi) is 12.6. The molecule has 0 aliphatic carbocycles. The number of carbonyl (C=O) groups is 1. The van der Waals surface area contributed by atoms with Crippen LogP contribution >= 0.6 is 0 Å². The van der Waals surface area contributed by atoms with Crippen LogP contribution in [-0.2, 0) is 22.6 Å². The third kappa shape index (κ3) is 9.76. The molecule has 1 saturated heterocycles. The Hall–Kier alpha value is -6.29. The number of likely N-dealkylation sites (N-methyl/N-ethyl adjacent to an activating group) is 1. The van der Waals surface area contributed by atoms with Gasteiger partial charge >= 0.3 is 6.03 Å². The molecular weight excluding hydrogens is 747 g/mol. The topological polar surface area (TPSA) is 92.3 Å². The summed E-state index contributed by atoms with van der Waals surface area (Å²) in [6.07, 6.45) is -0.967. The lowest BCUT2D eigenvalue weighted by Crippen LogP contribution is -2.44. The molecule has 7 aromatic rings.